The molecule has 0 spiro atoms. The SMILES string of the molecule is C=C=[C-]C(=C)CC.[Y]. The van der Waals surface area contributed by atoms with Crippen molar-refractivity contribution in [3.05, 3.63) is 30.5 Å². The average molecular weight is 182 g/mol. The maximum atomic E-state index is 3.65. The van der Waals surface area contributed by atoms with E-state index < -0.39 is 0 Å². The van der Waals surface area contributed by atoms with E-state index in [9.17, 15) is 0 Å². The van der Waals surface area contributed by atoms with E-state index in [-0.39, 0.29) is 32.7 Å². The summed E-state index contributed by atoms with van der Waals surface area (Å²) >= 11 is 0. The fraction of sp³-hybridized carbons (Fsp3) is 0.286. The summed E-state index contributed by atoms with van der Waals surface area (Å²) in [4.78, 5) is 0. The largest absolute Gasteiger partial charge is 0.265 e. The Balaban J connectivity index is 0. The quantitative estimate of drug-likeness (QED) is 0.348. The van der Waals surface area contributed by atoms with Crippen LogP contribution in [-0.2, 0) is 32.7 Å². The van der Waals surface area contributed by atoms with Crippen LogP contribution in [0.15, 0.2) is 24.5 Å². The van der Waals surface area contributed by atoms with E-state index in [1.165, 1.54) is 0 Å². The van der Waals surface area contributed by atoms with Gasteiger partial charge < -0.3 is 0 Å². The van der Waals surface area contributed by atoms with Gasteiger partial charge >= 0.3 is 0 Å². The van der Waals surface area contributed by atoms with Gasteiger partial charge in [-0.05, 0) is 0 Å². The van der Waals surface area contributed by atoms with Crippen LogP contribution in [0.4, 0.5) is 0 Å². The molecule has 0 atom stereocenters. The Labute approximate surface area is 76.2 Å². The topological polar surface area (TPSA) is 0 Å². The van der Waals surface area contributed by atoms with Gasteiger partial charge in [-0.2, -0.15) is 18.7 Å². The van der Waals surface area contributed by atoms with Gasteiger partial charge in [-0.1, -0.05) is 13.3 Å². The van der Waals surface area contributed by atoms with Crippen LogP contribution in [0.1, 0.15) is 13.3 Å². The molecule has 0 rings (SSSR count). The number of allylic oxidation sites excluding steroid dienone is 2. The van der Waals surface area contributed by atoms with Gasteiger partial charge in [-0.25, -0.2) is 0 Å². The van der Waals surface area contributed by atoms with E-state index in [4.69, 9.17) is 0 Å². The molecule has 1 heteroatoms. The molecule has 1 radical (unpaired) electrons. The Kier molecular flexibility index (Phi) is 10.3. The summed E-state index contributed by atoms with van der Waals surface area (Å²) in [5, 5.41) is 0. The first-order valence-corrected chi connectivity index (χ1v) is 2.27. The van der Waals surface area contributed by atoms with E-state index in [2.05, 4.69) is 25.0 Å². The second-order valence-electron chi connectivity index (χ2n) is 1.26. The molecule has 0 aromatic rings. The molecule has 0 aromatic heterocycles. The Hall–Kier alpha value is 0.364. The smallest absolute Gasteiger partial charge is 0 e. The predicted molar refractivity (Wildman–Crippen MR) is 31.8 cm³/mol. The fourth-order valence-corrected chi connectivity index (χ4v) is 0.213. The van der Waals surface area contributed by atoms with Gasteiger partial charge in [0.1, 0.15) is 0 Å². The standard InChI is InChI=1S/C7H9.Y/c1-4-6-7(3)5-2;/h1,3,5H2,2H3;/q-1;. The van der Waals surface area contributed by atoms with Crippen molar-refractivity contribution in [2.24, 2.45) is 0 Å². The van der Waals surface area contributed by atoms with Gasteiger partial charge in [0.2, 0.25) is 0 Å². The number of hydrogen-bond acceptors (Lipinski definition) is 0. The van der Waals surface area contributed by atoms with Crippen LogP contribution < -0.4 is 0 Å². The molecule has 0 heterocycles. The molecular formula is C7H9Y-. The summed E-state index contributed by atoms with van der Waals surface area (Å²) < 4.78 is 0. The second-order valence-corrected chi connectivity index (χ2v) is 1.26. The first-order chi connectivity index (χ1) is 3.31. The molecule has 0 amide bonds. The summed E-state index contributed by atoms with van der Waals surface area (Å²) in [5.41, 5.74) is 3.47. The normalized spacial score (nSPS) is 6.12. The average Bonchev–Trinajstić information content (AvgIpc) is 1.68. The molecule has 0 nitrogen and oxygen atoms in total. The molecular weight excluding hydrogens is 173 g/mol. The van der Waals surface area contributed by atoms with Crippen LogP contribution in [0.2, 0.25) is 0 Å². The first kappa shape index (κ1) is 11.2. The molecule has 0 aliphatic rings. The van der Waals surface area contributed by atoms with Crippen LogP contribution in [0.3, 0.4) is 0 Å². The Morgan fingerprint density at radius 1 is 1.75 bits per heavy atom. The molecule has 0 aromatic carbocycles. The molecule has 0 fully saturated rings. The van der Waals surface area contributed by atoms with Crippen molar-refractivity contribution >= 4 is 0 Å². The summed E-state index contributed by atoms with van der Waals surface area (Å²) in [6, 6.07) is 0. The fourth-order valence-electron chi connectivity index (χ4n) is 0.213. The van der Waals surface area contributed by atoms with Crippen molar-refractivity contribution in [1.29, 1.82) is 0 Å². The zero-order valence-electron chi connectivity index (χ0n) is 5.20. The van der Waals surface area contributed by atoms with Crippen molar-refractivity contribution < 1.29 is 32.7 Å². The van der Waals surface area contributed by atoms with Gasteiger partial charge in [0.25, 0.3) is 0 Å². The zero-order chi connectivity index (χ0) is 5.70. The molecule has 0 aliphatic heterocycles. The van der Waals surface area contributed by atoms with Crippen LogP contribution in [0, 0.1) is 6.08 Å². The van der Waals surface area contributed by atoms with Crippen LogP contribution >= 0.6 is 0 Å². The third-order valence-corrected chi connectivity index (χ3v) is 0.692. The Morgan fingerprint density at radius 2 is 2.25 bits per heavy atom. The van der Waals surface area contributed by atoms with Gasteiger partial charge in [-0.15, -0.1) is 6.08 Å². The molecule has 0 bridgehead atoms. The van der Waals surface area contributed by atoms with Gasteiger partial charge in [0.15, 0.2) is 0 Å². The van der Waals surface area contributed by atoms with Crippen molar-refractivity contribution in [2.45, 2.75) is 13.3 Å². The van der Waals surface area contributed by atoms with Crippen LogP contribution in [0.5, 0.6) is 0 Å². The van der Waals surface area contributed by atoms with E-state index >= 15 is 0 Å². The Bertz CT molecular complexity index is 108. The Morgan fingerprint density at radius 3 is 2.38 bits per heavy atom. The maximum Gasteiger partial charge on any atom is 0 e. The molecule has 41 valence electrons. The van der Waals surface area contributed by atoms with Gasteiger partial charge in [0.05, 0.1) is 0 Å². The second kappa shape index (κ2) is 7.36. The molecule has 0 aliphatic carbocycles. The van der Waals surface area contributed by atoms with E-state index in [1.807, 2.05) is 6.92 Å². The predicted octanol–water partition coefficient (Wildman–Crippen LogP) is 2.09. The number of rotatable bonds is 2. The maximum absolute atomic E-state index is 3.65. The zero-order valence-corrected chi connectivity index (χ0v) is 8.04. The van der Waals surface area contributed by atoms with Crippen molar-refractivity contribution in [1.82, 2.24) is 0 Å². The monoisotopic (exact) mass is 182 g/mol. The number of hydrogen-bond donors (Lipinski definition) is 0. The minimum Gasteiger partial charge on any atom is -0.265 e. The third kappa shape index (κ3) is 6.36. The molecule has 0 unspecified atom stereocenters. The summed E-state index contributed by atoms with van der Waals surface area (Å²) in [5.74, 6) is 0. The van der Waals surface area contributed by atoms with Gasteiger partial charge in [-0.3, -0.25) is 5.73 Å². The van der Waals surface area contributed by atoms with Gasteiger partial charge in [0, 0.05) is 32.7 Å². The van der Waals surface area contributed by atoms with Crippen LogP contribution in [-0.4, -0.2) is 0 Å². The molecule has 0 saturated carbocycles. The minimum absolute atomic E-state index is 0. The van der Waals surface area contributed by atoms with E-state index in [0.717, 1.165) is 12.0 Å². The third-order valence-electron chi connectivity index (χ3n) is 0.692. The summed E-state index contributed by atoms with van der Waals surface area (Å²) in [6.45, 7) is 9.02. The summed E-state index contributed by atoms with van der Waals surface area (Å²) in [6.07, 6.45) is 3.67. The van der Waals surface area contributed by atoms with Crippen LogP contribution in [0.25, 0.3) is 0 Å². The van der Waals surface area contributed by atoms with E-state index in [0.29, 0.717) is 0 Å². The van der Waals surface area contributed by atoms with Crippen molar-refractivity contribution in [3.8, 4) is 0 Å². The molecule has 0 saturated heterocycles. The van der Waals surface area contributed by atoms with Crippen molar-refractivity contribution in [2.75, 3.05) is 0 Å². The summed E-state index contributed by atoms with van der Waals surface area (Å²) in [7, 11) is 0. The molecule has 0 N–H and O–H groups in total. The van der Waals surface area contributed by atoms with E-state index in [1.54, 1.807) is 0 Å². The minimum atomic E-state index is 0. The molecule has 8 heavy (non-hydrogen) atoms. The van der Waals surface area contributed by atoms with Crippen molar-refractivity contribution in [3.63, 3.8) is 0 Å². The first-order valence-electron chi connectivity index (χ1n) is 2.27.